The molecule has 0 heterocycles. The van der Waals surface area contributed by atoms with Crippen molar-refractivity contribution >= 4 is 21.6 Å². The van der Waals surface area contributed by atoms with Crippen LogP contribution in [-0.2, 0) is 0 Å². The molecule has 2 unspecified atom stereocenters. The topological polar surface area (TPSA) is 38.0 Å². The summed E-state index contributed by atoms with van der Waals surface area (Å²) in [6.45, 7) is 5.15. The molecule has 2 rings (SSSR count). The summed E-state index contributed by atoms with van der Waals surface area (Å²) in [7, 11) is 0. The van der Waals surface area contributed by atoms with Crippen molar-refractivity contribution in [3.05, 3.63) is 28.2 Å². The number of halogens is 1. The Balaban J connectivity index is 2.10. The molecule has 1 aliphatic rings. The van der Waals surface area contributed by atoms with Gasteiger partial charge in [-0.3, -0.25) is 0 Å². The Morgan fingerprint density at radius 3 is 2.76 bits per heavy atom. The summed E-state index contributed by atoms with van der Waals surface area (Å²) in [4.78, 5) is 0. The maximum Gasteiger partial charge on any atom is 0.0495 e. The summed E-state index contributed by atoms with van der Waals surface area (Å²) in [5.41, 5.74) is 8.73. The van der Waals surface area contributed by atoms with Crippen molar-refractivity contribution in [3.8, 4) is 0 Å². The van der Waals surface area contributed by atoms with Gasteiger partial charge in [-0.25, -0.2) is 0 Å². The van der Waals surface area contributed by atoms with E-state index in [-0.39, 0.29) is 5.54 Å². The van der Waals surface area contributed by atoms with E-state index in [4.69, 9.17) is 5.73 Å². The van der Waals surface area contributed by atoms with Crippen LogP contribution in [0.15, 0.2) is 22.7 Å². The average molecular weight is 353 g/mol. The van der Waals surface area contributed by atoms with Gasteiger partial charge in [0.25, 0.3) is 0 Å². The van der Waals surface area contributed by atoms with Crippen LogP contribution in [0.2, 0.25) is 0 Å². The van der Waals surface area contributed by atoms with Crippen molar-refractivity contribution in [1.29, 1.82) is 0 Å². The summed E-state index contributed by atoms with van der Waals surface area (Å²) in [5, 5.41) is 3.77. The number of nitrogens with one attached hydrogen (secondary N) is 1. The lowest BCUT2D eigenvalue weighted by molar-refractivity contribution is 0.390. The third-order valence-electron chi connectivity index (χ3n) is 4.84. The minimum absolute atomic E-state index is 0.0791. The Bertz CT molecular complexity index is 440. The Kier molecular flexibility index (Phi) is 6.12. The molecule has 0 saturated heterocycles. The van der Waals surface area contributed by atoms with Gasteiger partial charge in [0, 0.05) is 22.2 Å². The van der Waals surface area contributed by atoms with Crippen LogP contribution in [-0.4, -0.2) is 12.1 Å². The molecule has 3 N–H and O–H groups in total. The maximum absolute atomic E-state index is 6.18. The monoisotopic (exact) mass is 352 g/mol. The van der Waals surface area contributed by atoms with E-state index in [1.165, 1.54) is 56.2 Å². The van der Waals surface area contributed by atoms with Crippen molar-refractivity contribution in [2.24, 2.45) is 11.7 Å². The van der Waals surface area contributed by atoms with Crippen LogP contribution >= 0.6 is 15.9 Å². The van der Waals surface area contributed by atoms with E-state index in [1.807, 2.05) is 0 Å². The van der Waals surface area contributed by atoms with Gasteiger partial charge >= 0.3 is 0 Å². The van der Waals surface area contributed by atoms with E-state index in [2.05, 4.69) is 53.3 Å². The van der Waals surface area contributed by atoms with E-state index in [1.54, 1.807) is 0 Å². The van der Waals surface area contributed by atoms with E-state index >= 15 is 0 Å². The highest BCUT2D eigenvalue weighted by molar-refractivity contribution is 9.10. The molecule has 0 aliphatic heterocycles. The molecule has 0 aromatic heterocycles. The normalized spacial score (nSPS) is 26.4. The van der Waals surface area contributed by atoms with Gasteiger partial charge in [0.05, 0.1) is 0 Å². The third-order valence-corrected chi connectivity index (χ3v) is 5.30. The third kappa shape index (κ3) is 4.72. The van der Waals surface area contributed by atoms with Gasteiger partial charge in [0.15, 0.2) is 0 Å². The van der Waals surface area contributed by atoms with E-state index in [0.717, 1.165) is 16.9 Å². The van der Waals surface area contributed by atoms with Gasteiger partial charge in [-0.2, -0.15) is 0 Å². The van der Waals surface area contributed by atoms with Crippen LogP contribution in [0.1, 0.15) is 57.4 Å². The summed E-state index contributed by atoms with van der Waals surface area (Å²) in [5.74, 6) is 0.898. The molecule has 2 nitrogen and oxygen atoms in total. The lowest BCUT2D eigenvalue weighted by Gasteiger charge is -2.34. The predicted octanol–water partition coefficient (Wildman–Crippen LogP) is 5.25. The number of hydrogen-bond acceptors (Lipinski definition) is 2. The maximum atomic E-state index is 6.18. The Morgan fingerprint density at radius 2 is 2.10 bits per heavy atom. The van der Waals surface area contributed by atoms with Gasteiger partial charge < -0.3 is 11.1 Å². The number of benzene rings is 1. The first-order valence-corrected chi connectivity index (χ1v) is 9.11. The van der Waals surface area contributed by atoms with Crippen molar-refractivity contribution in [3.63, 3.8) is 0 Å². The standard InChI is InChI=1S/C18H29BrN2/c1-3-5-15-6-4-8-18(13-20,9-7-15)21-17-11-14(2)10-16(19)12-17/h10-12,15,21H,3-9,13,20H2,1-2H3. The number of hydrogen-bond donors (Lipinski definition) is 2. The summed E-state index contributed by atoms with van der Waals surface area (Å²) >= 11 is 3.59. The quantitative estimate of drug-likeness (QED) is 0.710. The largest absolute Gasteiger partial charge is 0.378 e. The SMILES string of the molecule is CCCC1CCCC(CN)(Nc2cc(C)cc(Br)c2)CC1. The van der Waals surface area contributed by atoms with Crippen molar-refractivity contribution in [1.82, 2.24) is 0 Å². The van der Waals surface area contributed by atoms with Gasteiger partial charge in [0.1, 0.15) is 0 Å². The lowest BCUT2D eigenvalue weighted by atomic mass is 9.88. The van der Waals surface area contributed by atoms with Gasteiger partial charge in [-0.05, 0) is 55.9 Å². The van der Waals surface area contributed by atoms with E-state index in [9.17, 15) is 0 Å². The molecule has 0 radical (unpaired) electrons. The van der Waals surface area contributed by atoms with Crippen LogP contribution in [0.4, 0.5) is 5.69 Å². The van der Waals surface area contributed by atoms with E-state index < -0.39 is 0 Å². The van der Waals surface area contributed by atoms with Crippen molar-refractivity contribution in [2.75, 3.05) is 11.9 Å². The van der Waals surface area contributed by atoms with E-state index in [0.29, 0.717) is 0 Å². The van der Waals surface area contributed by atoms with Crippen molar-refractivity contribution < 1.29 is 0 Å². The fourth-order valence-corrected chi connectivity index (χ4v) is 4.28. The summed E-state index contributed by atoms with van der Waals surface area (Å²) in [6, 6.07) is 6.53. The molecule has 1 aromatic rings. The summed E-state index contributed by atoms with van der Waals surface area (Å²) in [6.07, 6.45) is 9.03. The second-order valence-corrected chi connectivity index (χ2v) is 7.63. The number of anilines is 1. The highest BCUT2D eigenvalue weighted by atomic mass is 79.9. The van der Waals surface area contributed by atoms with Gasteiger partial charge in [-0.1, -0.05) is 48.5 Å². The number of rotatable bonds is 5. The lowest BCUT2D eigenvalue weighted by Crippen LogP contribution is -2.45. The average Bonchev–Trinajstić information content (AvgIpc) is 2.62. The first-order chi connectivity index (χ1) is 10.1. The zero-order valence-corrected chi connectivity index (χ0v) is 15.0. The first kappa shape index (κ1) is 16.8. The molecular weight excluding hydrogens is 324 g/mol. The second-order valence-electron chi connectivity index (χ2n) is 6.71. The molecule has 118 valence electrons. The van der Waals surface area contributed by atoms with Crippen LogP contribution in [0.25, 0.3) is 0 Å². The molecule has 1 fully saturated rings. The molecule has 1 aromatic carbocycles. The molecule has 0 spiro atoms. The Labute approximate surface area is 138 Å². The molecule has 1 aliphatic carbocycles. The van der Waals surface area contributed by atoms with Crippen LogP contribution < -0.4 is 11.1 Å². The highest BCUT2D eigenvalue weighted by Gasteiger charge is 2.31. The summed E-state index contributed by atoms with van der Waals surface area (Å²) < 4.78 is 1.13. The smallest absolute Gasteiger partial charge is 0.0495 e. The molecule has 3 heteroatoms. The van der Waals surface area contributed by atoms with Gasteiger partial charge in [0.2, 0.25) is 0 Å². The Hall–Kier alpha value is -0.540. The van der Waals surface area contributed by atoms with Crippen LogP contribution in [0.5, 0.6) is 0 Å². The molecular formula is C18H29BrN2. The second kappa shape index (κ2) is 7.64. The molecule has 2 atom stereocenters. The predicted molar refractivity (Wildman–Crippen MR) is 95.8 cm³/mol. The molecule has 0 bridgehead atoms. The minimum atomic E-state index is 0.0791. The number of nitrogens with two attached hydrogens (primary N) is 1. The first-order valence-electron chi connectivity index (χ1n) is 8.32. The molecule has 1 saturated carbocycles. The zero-order chi connectivity index (χ0) is 15.3. The molecule has 0 amide bonds. The van der Waals surface area contributed by atoms with Crippen LogP contribution in [0.3, 0.4) is 0 Å². The minimum Gasteiger partial charge on any atom is -0.378 e. The molecule has 21 heavy (non-hydrogen) atoms. The fraction of sp³-hybridized carbons (Fsp3) is 0.667. The Morgan fingerprint density at radius 1 is 1.29 bits per heavy atom. The van der Waals surface area contributed by atoms with Crippen LogP contribution in [0, 0.1) is 12.8 Å². The highest BCUT2D eigenvalue weighted by Crippen LogP contribution is 2.35. The van der Waals surface area contributed by atoms with Crippen molar-refractivity contribution in [2.45, 2.75) is 64.3 Å². The number of aryl methyl sites for hydroxylation is 1. The zero-order valence-electron chi connectivity index (χ0n) is 13.4. The van der Waals surface area contributed by atoms with Gasteiger partial charge in [-0.15, -0.1) is 0 Å². The fourth-order valence-electron chi connectivity index (χ4n) is 3.67.